The summed E-state index contributed by atoms with van der Waals surface area (Å²) in [6.45, 7) is 0.691. The number of hydrogen-bond donors (Lipinski definition) is 4. The normalized spacial score (nSPS) is 22.4. The molecule has 2 fully saturated rings. The van der Waals surface area contributed by atoms with Gasteiger partial charge in [0.15, 0.2) is 0 Å². The number of carbonyl (C=O) groups is 5. The molecule has 0 bridgehead atoms. The molecule has 32 heavy (non-hydrogen) atoms. The number of carbonyl (C=O) groups excluding carboxylic acids is 3. The molecule has 2 aliphatic heterocycles. The zero-order valence-corrected chi connectivity index (χ0v) is 19.0. The Kier molecular flexibility index (Phi) is 9.76. The molecule has 0 radical (unpaired) electrons. The maximum absolute atomic E-state index is 13.3. The van der Waals surface area contributed by atoms with Crippen molar-refractivity contribution in [2.45, 2.75) is 69.1 Å². The lowest BCUT2D eigenvalue weighted by Gasteiger charge is -2.32. The van der Waals surface area contributed by atoms with E-state index in [1.807, 2.05) is 6.26 Å². The quantitative estimate of drug-likeness (QED) is 0.309. The number of likely N-dealkylation sites (tertiary alicyclic amines) is 2. The van der Waals surface area contributed by atoms with Crippen LogP contribution in [0.3, 0.4) is 0 Å². The smallest absolute Gasteiger partial charge is 0.326 e. The molecule has 2 heterocycles. The van der Waals surface area contributed by atoms with E-state index in [9.17, 15) is 29.1 Å². The van der Waals surface area contributed by atoms with Crippen LogP contribution in [0.5, 0.6) is 0 Å². The fraction of sp³-hybridized carbons (Fsp3) is 0.750. The van der Waals surface area contributed by atoms with Gasteiger partial charge in [0.05, 0.1) is 6.04 Å². The van der Waals surface area contributed by atoms with Gasteiger partial charge in [-0.1, -0.05) is 0 Å². The number of amides is 3. The van der Waals surface area contributed by atoms with Crippen LogP contribution < -0.4 is 11.1 Å². The summed E-state index contributed by atoms with van der Waals surface area (Å²) in [5.41, 5.74) is 5.78. The zero-order chi connectivity index (χ0) is 23.8. The average Bonchev–Trinajstić information content (AvgIpc) is 3.43. The van der Waals surface area contributed by atoms with Gasteiger partial charge >= 0.3 is 11.9 Å². The van der Waals surface area contributed by atoms with E-state index < -0.39 is 47.9 Å². The maximum Gasteiger partial charge on any atom is 0.326 e. The summed E-state index contributed by atoms with van der Waals surface area (Å²) < 4.78 is 0. The minimum atomic E-state index is -1.07. The average molecular weight is 473 g/mol. The number of carboxylic acid groups (broad SMARTS) is 2. The first-order chi connectivity index (χ1) is 15.2. The van der Waals surface area contributed by atoms with Crippen molar-refractivity contribution in [3.8, 4) is 0 Å². The Morgan fingerprint density at radius 3 is 2.25 bits per heavy atom. The fourth-order valence-corrected chi connectivity index (χ4v) is 4.62. The summed E-state index contributed by atoms with van der Waals surface area (Å²) in [7, 11) is 0. The number of nitrogens with one attached hydrogen (secondary N) is 1. The Balaban J connectivity index is 2.10. The fourth-order valence-electron chi connectivity index (χ4n) is 4.15. The number of nitrogens with two attached hydrogens (primary N) is 1. The molecule has 11 nitrogen and oxygen atoms in total. The molecule has 0 aliphatic carbocycles. The molecule has 0 aromatic heterocycles. The van der Waals surface area contributed by atoms with Gasteiger partial charge in [0.2, 0.25) is 17.7 Å². The molecule has 0 aromatic carbocycles. The van der Waals surface area contributed by atoms with Gasteiger partial charge in [-0.25, -0.2) is 4.79 Å². The number of aliphatic carboxylic acids is 2. The predicted octanol–water partition coefficient (Wildman–Crippen LogP) is -0.517. The molecule has 2 saturated heterocycles. The molecule has 0 aromatic rings. The van der Waals surface area contributed by atoms with Gasteiger partial charge in [-0.15, -0.1) is 0 Å². The van der Waals surface area contributed by atoms with E-state index >= 15 is 0 Å². The maximum atomic E-state index is 13.3. The van der Waals surface area contributed by atoms with Crippen LogP contribution in [0.4, 0.5) is 0 Å². The van der Waals surface area contributed by atoms with Gasteiger partial charge in [-0.3, -0.25) is 19.2 Å². The molecular weight excluding hydrogens is 440 g/mol. The topological polar surface area (TPSA) is 170 Å². The molecule has 12 heteroatoms. The molecule has 4 atom stereocenters. The van der Waals surface area contributed by atoms with Crippen molar-refractivity contribution >= 4 is 41.4 Å². The predicted molar refractivity (Wildman–Crippen MR) is 117 cm³/mol. The third-order valence-corrected chi connectivity index (χ3v) is 6.52. The largest absolute Gasteiger partial charge is 0.481 e. The lowest BCUT2D eigenvalue weighted by atomic mass is 10.1. The van der Waals surface area contributed by atoms with E-state index in [4.69, 9.17) is 10.8 Å². The molecular formula is C20H32N4O7S. The minimum absolute atomic E-state index is 0.0546. The molecule has 5 N–H and O–H groups in total. The molecule has 180 valence electrons. The van der Waals surface area contributed by atoms with Gasteiger partial charge < -0.3 is 31.1 Å². The van der Waals surface area contributed by atoms with Crippen LogP contribution in [0, 0.1) is 0 Å². The monoisotopic (exact) mass is 472 g/mol. The summed E-state index contributed by atoms with van der Waals surface area (Å²) in [6, 6.07) is -3.59. The van der Waals surface area contributed by atoms with Gasteiger partial charge in [0, 0.05) is 19.5 Å². The summed E-state index contributed by atoms with van der Waals surface area (Å²) >= 11 is 1.50. The van der Waals surface area contributed by atoms with Crippen molar-refractivity contribution in [3.05, 3.63) is 0 Å². The van der Waals surface area contributed by atoms with Crippen LogP contribution in [-0.4, -0.2) is 98.9 Å². The Hall–Kier alpha value is -2.34. The van der Waals surface area contributed by atoms with Crippen molar-refractivity contribution < 1.29 is 34.2 Å². The van der Waals surface area contributed by atoms with Crippen LogP contribution in [0.2, 0.25) is 0 Å². The van der Waals surface area contributed by atoms with Crippen LogP contribution in [-0.2, 0) is 24.0 Å². The zero-order valence-electron chi connectivity index (χ0n) is 18.2. The van der Waals surface area contributed by atoms with Gasteiger partial charge in [0.25, 0.3) is 0 Å². The Morgan fingerprint density at radius 2 is 1.66 bits per heavy atom. The number of rotatable bonds is 11. The highest BCUT2D eigenvalue weighted by atomic mass is 32.2. The van der Waals surface area contributed by atoms with Crippen LogP contribution in [0.1, 0.15) is 44.9 Å². The minimum Gasteiger partial charge on any atom is -0.481 e. The lowest BCUT2D eigenvalue weighted by Crippen LogP contribution is -2.57. The highest BCUT2D eigenvalue weighted by molar-refractivity contribution is 7.98. The van der Waals surface area contributed by atoms with Gasteiger partial charge in [-0.05, 0) is 50.5 Å². The van der Waals surface area contributed by atoms with Crippen LogP contribution >= 0.6 is 11.8 Å². The van der Waals surface area contributed by atoms with E-state index in [1.54, 1.807) is 0 Å². The van der Waals surface area contributed by atoms with Crippen molar-refractivity contribution in [1.29, 1.82) is 0 Å². The van der Waals surface area contributed by atoms with E-state index in [0.717, 1.165) is 0 Å². The van der Waals surface area contributed by atoms with Crippen molar-refractivity contribution in [1.82, 2.24) is 15.1 Å². The highest BCUT2D eigenvalue weighted by Crippen LogP contribution is 2.26. The second-order valence-corrected chi connectivity index (χ2v) is 9.08. The number of carboxylic acids is 2. The second kappa shape index (κ2) is 12.0. The molecule has 0 saturated carbocycles. The molecule has 3 amide bonds. The van der Waals surface area contributed by atoms with Crippen molar-refractivity contribution in [3.63, 3.8) is 0 Å². The Bertz CT molecular complexity index is 735. The van der Waals surface area contributed by atoms with Crippen LogP contribution in [0.15, 0.2) is 0 Å². The summed E-state index contributed by atoms with van der Waals surface area (Å²) in [5.74, 6) is -2.91. The lowest BCUT2D eigenvalue weighted by molar-refractivity contribution is -0.152. The Morgan fingerprint density at radius 1 is 1.03 bits per heavy atom. The van der Waals surface area contributed by atoms with Crippen molar-refractivity contribution in [2.24, 2.45) is 5.73 Å². The first-order valence-corrected chi connectivity index (χ1v) is 12.2. The van der Waals surface area contributed by atoms with E-state index in [0.29, 0.717) is 50.9 Å². The van der Waals surface area contributed by atoms with Gasteiger partial charge in [-0.2, -0.15) is 11.8 Å². The standard InChI is InChI=1S/C20H32N4O7S/c1-32-11-8-13(22-17(27)12(21)6-7-16(25)26)18(28)23-9-2-4-14(23)19(29)24-10-3-5-15(24)20(30)31/h12-15H,2-11,21H2,1H3,(H,22,27)(H,25,26)(H,30,31). The van der Waals surface area contributed by atoms with E-state index in [1.165, 1.54) is 21.6 Å². The van der Waals surface area contributed by atoms with E-state index in [-0.39, 0.29) is 18.7 Å². The van der Waals surface area contributed by atoms with Crippen molar-refractivity contribution in [2.75, 3.05) is 25.1 Å². The Labute approximate surface area is 191 Å². The number of nitrogens with zero attached hydrogens (tertiary/aromatic N) is 2. The third kappa shape index (κ3) is 6.58. The third-order valence-electron chi connectivity index (χ3n) is 5.87. The first-order valence-electron chi connectivity index (χ1n) is 10.8. The van der Waals surface area contributed by atoms with Crippen LogP contribution in [0.25, 0.3) is 0 Å². The second-order valence-electron chi connectivity index (χ2n) is 8.10. The summed E-state index contributed by atoms with van der Waals surface area (Å²) in [4.78, 5) is 63.8. The molecule has 4 unspecified atom stereocenters. The molecule has 0 spiro atoms. The SMILES string of the molecule is CSCCC(NC(=O)C(N)CCC(=O)O)C(=O)N1CCCC1C(=O)N1CCCC1C(=O)O. The summed E-state index contributed by atoms with van der Waals surface area (Å²) in [5, 5.41) is 20.8. The number of hydrogen-bond acceptors (Lipinski definition) is 7. The number of thioether (sulfide) groups is 1. The molecule has 2 aliphatic rings. The highest BCUT2D eigenvalue weighted by Gasteiger charge is 2.43. The molecule has 2 rings (SSSR count). The van der Waals surface area contributed by atoms with E-state index in [2.05, 4.69) is 5.32 Å². The van der Waals surface area contributed by atoms with Gasteiger partial charge in [0.1, 0.15) is 18.1 Å². The summed E-state index contributed by atoms with van der Waals surface area (Å²) in [6.07, 6.45) is 3.91. The first kappa shape index (κ1) is 25.9.